The van der Waals surface area contributed by atoms with Gasteiger partial charge in [0.05, 0.1) is 12.1 Å². The Labute approximate surface area is 117 Å². The van der Waals surface area contributed by atoms with Gasteiger partial charge in [0.2, 0.25) is 11.6 Å². The van der Waals surface area contributed by atoms with Crippen molar-refractivity contribution in [2.24, 2.45) is 0 Å². The van der Waals surface area contributed by atoms with E-state index in [-0.39, 0.29) is 17.5 Å². The highest BCUT2D eigenvalue weighted by Crippen LogP contribution is 2.30. The van der Waals surface area contributed by atoms with Crippen molar-refractivity contribution in [2.75, 3.05) is 0 Å². The number of amides is 1. The molecule has 1 heterocycles. The molecule has 8 heteroatoms. The lowest BCUT2D eigenvalue weighted by atomic mass is 10.1. The second-order valence-corrected chi connectivity index (χ2v) is 4.49. The zero-order valence-electron chi connectivity index (χ0n) is 10.6. The van der Waals surface area contributed by atoms with E-state index in [1.54, 1.807) is 30.3 Å². The topological polar surface area (TPSA) is 52.6 Å². The second-order valence-electron chi connectivity index (χ2n) is 4.49. The van der Waals surface area contributed by atoms with E-state index in [0.29, 0.717) is 5.56 Å². The van der Waals surface area contributed by atoms with E-state index in [1.165, 1.54) is 0 Å². The van der Waals surface area contributed by atoms with Gasteiger partial charge in [0.15, 0.2) is 0 Å². The van der Waals surface area contributed by atoms with Gasteiger partial charge in [-0.2, -0.15) is 0 Å². The van der Waals surface area contributed by atoms with E-state index < -0.39 is 30.2 Å². The van der Waals surface area contributed by atoms with Crippen molar-refractivity contribution in [2.45, 2.75) is 25.0 Å². The van der Waals surface area contributed by atoms with Gasteiger partial charge in [-0.05, 0) is 5.56 Å². The summed E-state index contributed by atoms with van der Waals surface area (Å²) in [6.07, 6.45) is -6.58. The quantitative estimate of drug-likeness (QED) is 0.832. The van der Waals surface area contributed by atoms with Crippen LogP contribution in [0.15, 0.2) is 42.1 Å². The maximum atomic E-state index is 12.9. The average Bonchev–Trinajstić information content (AvgIpc) is 2.80. The number of allylic oxidation sites excluding steroid dienone is 1. The summed E-state index contributed by atoms with van der Waals surface area (Å²) in [5, 5.41) is 9.92. The minimum atomic E-state index is -3.43. The van der Waals surface area contributed by atoms with Crippen LogP contribution < -0.4 is 5.43 Å². The van der Waals surface area contributed by atoms with Crippen molar-refractivity contribution in [3.63, 3.8) is 0 Å². The smallest absolute Gasteiger partial charge is 0.291 e. The fourth-order valence-corrected chi connectivity index (χ4v) is 1.93. The first-order chi connectivity index (χ1) is 9.84. The van der Waals surface area contributed by atoms with Gasteiger partial charge in [0, 0.05) is 6.08 Å². The molecule has 2 N–H and O–H groups in total. The SMILES string of the molecule is O=C(Cc1ccccc1)N1NC(C(F)F)=CC1(O)C(F)F. The van der Waals surface area contributed by atoms with Gasteiger partial charge in [-0.15, -0.1) is 0 Å². The maximum Gasteiger partial charge on any atom is 0.291 e. The van der Waals surface area contributed by atoms with Crippen LogP contribution in [0.25, 0.3) is 0 Å². The van der Waals surface area contributed by atoms with Crippen LogP contribution in [0.3, 0.4) is 0 Å². The van der Waals surface area contributed by atoms with Gasteiger partial charge in [-0.3, -0.25) is 10.2 Å². The normalized spacial score (nSPS) is 21.7. The summed E-state index contributed by atoms with van der Waals surface area (Å²) in [7, 11) is 0. The summed E-state index contributed by atoms with van der Waals surface area (Å²) in [5.41, 5.74) is -1.66. The van der Waals surface area contributed by atoms with Crippen molar-refractivity contribution < 1.29 is 27.5 Å². The molecule has 1 aromatic carbocycles. The van der Waals surface area contributed by atoms with Gasteiger partial charge in [0.25, 0.3) is 12.9 Å². The summed E-state index contributed by atoms with van der Waals surface area (Å²) >= 11 is 0. The molecule has 0 saturated heterocycles. The number of nitrogens with one attached hydrogen (secondary N) is 1. The standard InChI is InChI=1S/C13H12F4N2O2/c14-11(15)9-7-13(21,12(16)17)19(18-9)10(20)6-8-4-2-1-3-5-8/h1-5,7,11-12,18,21H,6H2. The Morgan fingerprint density at radius 3 is 2.38 bits per heavy atom. The Morgan fingerprint density at radius 1 is 1.24 bits per heavy atom. The van der Waals surface area contributed by atoms with E-state index in [1.807, 2.05) is 5.43 Å². The van der Waals surface area contributed by atoms with Crippen LogP contribution in [0.5, 0.6) is 0 Å². The Kier molecular flexibility index (Phi) is 4.17. The minimum Gasteiger partial charge on any atom is -0.361 e. The number of hydrazine groups is 1. The fourth-order valence-electron chi connectivity index (χ4n) is 1.93. The summed E-state index contributed by atoms with van der Waals surface area (Å²) < 4.78 is 51.0. The molecule has 0 fully saturated rings. The van der Waals surface area contributed by atoms with Crippen LogP contribution in [0.1, 0.15) is 5.56 Å². The first-order valence-corrected chi connectivity index (χ1v) is 5.99. The van der Waals surface area contributed by atoms with Crippen molar-refractivity contribution in [3.8, 4) is 0 Å². The summed E-state index contributed by atoms with van der Waals surface area (Å²) in [6, 6.07) is 8.14. The van der Waals surface area contributed by atoms with Crippen molar-refractivity contribution in [1.29, 1.82) is 0 Å². The summed E-state index contributed by atoms with van der Waals surface area (Å²) in [4.78, 5) is 12.0. The predicted octanol–water partition coefficient (Wildman–Crippen LogP) is 1.68. The molecule has 2 rings (SSSR count). The van der Waals surface area contributed by atoms with Crippen LogP contribution in [-0.2, 0) is 11.2 Å². The highest BCUT2D eigenvalue weighted by molar-refractivity contribution is 5.80. The number of halogens is 4. The Morgan fingerprint density at radius 2 is 1.86 bits per heavy atom. The molecule has 1 aromatic rings. The van der Waals surface area contributed by atoms with Crippen LogP contribution in [-0.4, -0.2) is 34.6 Å². The molecule has 0 radical (unpaired) electrons. The minimum absolute atomic E-state index is 0.145. The molecule has 114 valence electrons. The molecule has 0 bridgehead atoms. The van der Waals surface area contributed by atoms with Gasteiger partial charge in [-0.1, -0.05) is 30.3 Å². The molecular weight excluding hydrogens is 292 g/mol. The average molecular weight is 304 g/mol. The first-order valence-electron chi connectivity index (χ1n) is 5.99. The van der Waals surface area contributed by atoms with Gasteiger partial charge in [0.1, 0.15) is 0 Å². The van der Waals surface area contributed by atoms with Crippen LogP contribution in [0, 0.1) is 0 Å². The van der Waals surface area contributed by atoms with Crippen LogP contribution in [0.4, 0.5) is 17.6 Å². The number of aliphatic hydroxyl groups is 1. The largest absolute Gasteiger partial charge is 0.361 e. The number of nitrogens with zero attached hydrogens (tertiary/aromatic N) is 1. The van der Waals surface area contributed by atoms with Crippen molar-refractivity contribution in [1.82, 2.24) is 10.4 Å². The third kappa shape index (κ3) is 2.99. The molecule has 1 aliphatic heterocycles. The van der Waals surface area contributed by atoms with E-state index in [9.17, 15) is 27.5 Å². The Balaban J connectivity index is 2.20. The number of hydrogen-bond donors (Lipinski definition) is 2. The van der Waals surface area contributed by atoms with E-state index in [2.05, 4.69) is 0 Å². The van der Waals surface area contributed by atoms with E-state index >= 15 is 0 Å². The highest BCUT2D eigenvalue weighted by atomic mass is 19.3. The molecule has 1 atom stereocenters. The maximum absolute atomic E-state index is 12.9. The lowest BCUT2D eigenvalue weighted by molar-refractivity contribution is -0.182. The number of hydrogen-bond acceptors (Lipinski definition) is 3. The summed E-state index contributed by atoms with van der Waals surface area (Å²) in [5.74, 6) is -0.948. The summed E-state index contributed by atoms with van der Waals surface area (Å²) in [6.45, 7) is 0. The van der Waals surface area contributed by atoms with Crippen molar-refractivity contribution in [3.05, 3.63) is 47.7 Å². The molecule has 0 aromatic heterocycles. The lowest BCUT2D eigenvalue weighted by Crippen LogP contribution is -2.57. The third-order valence-electron chi connectivity index (χ3n) is 2.97. The van der Waals surface area contributed by atoms with Crippen molar-refractivity contribution >= 4 is 5.91 Å². The molecule has 1 amide bonds. The van der Waals surface area contributed by atoms with Gasteiger partial charge >= 0.3 is 0 Å². The third-order valence-corrected chi connectivity index (χ3v) is 2.97. The number of benzene rings is 1. The van der Waals surface area contributed by atoms with E-state index in [4.69, 9.17) is 0 Å². The molecule has 1 aliphatic rings. The van der Waals surface area contributed by atoms with Gasteiger partial charge < -0.3 is 5.11 Å². The number of carbonyl (C=O) groups excluding carboxylic acids is 1. The van der Waals surface area contributed by atoms with Crippen LogP contribution >= 0.6 is 0 Å². The molecule has 1 unspecified atom stereocenters. The molecule has 4 nitrogen and oxygen atoms in total. The zero-order chi connectivity index (χ0) is 15.6. The Hall–Kier alpha value is -2.09. The lowest BCUT2D eigenvalue weighted by Gasteiger charge is -2.31. The van der Waals surface area contributed by atoms with E-state index in [0.717, 1.165) is 0 Å². The Bertz CT molecular complexity index is 550. The van der Waals surface area contributed by atoms with Gasteiger partial charge in [-0.25, -0.2) is 22.6 Å². The number of alkyl halides is 4. The fraction of sp³-hybridized carbons (Fsp3) is 0.308. The molecular formula is C13H12F4N2O2. The van der Waals surface area contributed by atoms with Crippen LogP contribution in [0.2, 0.25) is 0 Å². The molecule has 21 heavy (non-hydrogen) atoms. The predicted molar refractivity (Wildman–Crippen MR) is 65.2 cm³/mol. The highest BCUT2D eigenvalue weighted by Gasteiger charge is 2.50. The number of rotatable bonds is 4. The number of carbonyl (C=O) groups is 1. The molecule has 0 spiro atoms. The first kappa shape index (κ1) is 15.3. The molecule has 0 saturated carbocycles. The monoisotopic (exact) mass is 304 g/mol. The zero-order valence-corrected chi connectivity index (χ0v) is 10.6. The second kappa shape index (κ2) is 5.72. The molecule has 0 aliphatic carbocycles.